The molecule has 1 aromatic carbocycles. The van der Waals surface area contributed by atoms with E-state index in [1.54, 1.807) is 0 Å². The summed E-state index contributed by atoms with van der Waals surface area (Å²) < 4.78 is 26.9. The van der Waals surface area contributed by atoms with Gasteiger partial charge in [-0.25, -0.2) is 8.42 Å². The number of nitro groups is 1. The highest BCUT2D eigenvalue weighted by molar-refractivity contribution is 8.01. The fourth-order valence-corrected chi connectivity index (χ4v) is 4.43. The van der Waals surface area contributed by atoms with Gasteiger partial charge in [-0.2, -0.15) is 5.26 Å². The molecule has 0 aliphatic heterocycles. The average Bonchev–Trinajstić information content (AvgIpc) is 2.91. The molecule has 0 spiro atoms. The Morgan fingerprint density at radius 1 is 1.39 bits per heavy atom. The van der Waals surface area contributed by atoms with Crippen LogP contribution in [0.5, 0.6) is 0 Å². The maximum Gasteiger partial charge on any atom is 0.273 e. The van der Waals surface area contributed by atoms with Gasteiger partial charge in [0.2, 0.25) is 15.2 Å². The van der Waals surface area contributed by atoms with Crippen LogP contribution in [-0.4, -0.2) is 29.3 Å². The molecule has 0 amide bonds. The number of nitriles is 1. The Balaban J connectivity index is 2.12. The van der Waals surface area contributed by atoms with Crippen LogP contribution < -0.4 is 4.72 Å². The van der Waals surface area contributed by atoms with Gasteiger partial charge in [-0.1, -0.05) is 41.3 Å². The number of anilines is 1. The Morgan fingerprint density at radius 3 is 2.83 bits per heavy atom. The molecule has 23 heavy (non-hydrogen) atoms. The predicted octanol–water partition coefficient (Wildman–Crippen LogP) is 2.00. The summed E-state index contributed by atoms with van der Waals surface area (Å²) in [6.45, 7) is 0. The Labute approximate surface area is 139 Å². The van der Waals surface area contributed by atoms with Gasteiger partial charge in [0.1, 0.15) is 5.75 Å². The minimum absolute atomic E-state index is 0.0454. The summed E-state index contributed by atoms with van der Waals surface area (Å²) in [5.41, 5.74) is -0.186. The van der Waals surface area contributed by atoms with Gasteiger partial charge in [0.15, 0.2) is 4.34 Å². The lowest BCUT2D eigenvalue weighted by Crippen LogP contribution is -2.15. The lowest BCUT2D eigenvalue weighted by atomic mass is 10.2. The van der Waals surface area contributed by atoms with Gasteiger partial charge in [0.05, 0.1) is 16.7 Å². The van der Waals surface area contributed by atoms with Crippen LogP contribution in [0.3, 0.4) is 0 Å². The number of sulfonamides is 1. The smallest absolute Gasteiger partial charge is 0.258 e. The Morgan fingerprint density at radius 2 is 2.13 bits per heavy atom. The number of hydrogen-bond acceptors (Lipinski definition) is 9. The highest BCUT2D eigenvalue weighted by Crippen LogP contribution is 2.27. The number of rotatable bonds is 7. The standard InChI is InChI=1S/C11H9N5O4S3/c12-5-6-21-11-14-13-10(22-11)15-23(19,20)7-8-3-1-2-4-9(8)16(17)18/h1-4H,6-7H2,(H,13,15). The van der Waals surface area contributed by atoms with Gasteiger partial charge < -0.3 is 0 Å². The zero-order valence-corrected chi connectivity index (χ0v) is 13.8. The molecule has 0 fully saturated rings. The second-order valence-electron chi connectivity index (χ2n) is 4.07. The first-order chi connectivity index (χ1) is 10.9. The van der Waals surface area contributed by atoms with Crippen LogP contribution in [0.25, 0.3) is 0 Å². The SMILES string of the molecule is N#CCSc1nnc(NS(=O)(=O)Cc2ccccc2[N+](=O)[O-])s1. The summed E-state index contributed by atoms with van der Waals surface area (Å²) in [7, 11) is -3.87. The van der Waals surface area contributed by atoms with Gasteiger partial charge in [-0.3, -0.25) is 14.8 Å². The minimum Gasteiger partial charge on any atom is -0.258 e. The fourth-order valence-electron chi connectivity index (χ4n) is 1.59. The van der Waals surface area contributed by atoms with Crippen molar-refractivity contribution < 1.29 is 13.3 Å². The number of para-hydroxylation sites is 1. The van der Waals surface area contributed by atoms with Gasteiger partial charge >= 0.3 is 0 Å². The quantitative estimate of drug-likeness (QED) is 0.443. The minimum atomic E-state index is -3.87. The molecule has 0 unspecified atom stereocenters. The van der Waals surface area contributed by atoms with Crippen LogP contribution in [0.1, 0.15) is 5.56 Å². The van der Waals surface area contributed by atoms with Crippen LogP contribution in [0.4, 0.5) is 10.8 Å². The highest BCUT2D eigenvalue weighted by atomic mass is 32.2. The Hall–Kier alpha value is -2.23. The molecule has 0 aliphatic carbocycles. The molecule has 12 heteroatoms. The predicted molar refractivity (Wildman–Crippen MR) is 85.6 cm³/mol. The molecule has 0 aliphatic rings. The highest BCUT2D eigenvalue weighted by Gasteiger charge is 2.21. The molecule has 0 saturated heterocycles. The van der Waals surface area contributed by atoms with Crippen LogP contribution in [0.2, 0.25) is 0 Å². The third kappa shape index (κ3) is 4.88. The zero-order chi connectivity index (χ0) is 16.9. The van der Waals surface area contributed by atoms with E-state index in [9.17, 15) is 18.5 Å². The van der Waals surface area contributed by atoms with Crippen molar-refractivity contribution >= 4 is 43.9 Å². The van der Waals surface area contributed by atoms with Crippen molar-refractivity contribution in [1.82, 2.24) is 10.2 Å². The van der Waals surface area contributed by atoms with Gasteiger partial charge in [-0.05, 0) is 0 Å². The second kappa shape index (κ2) is 7.36. The maximum absolute atomic E-state index is 12.1. The number of thioether (sulfide) groups is 1. The number of aromatic nitrogens is 2. The molecule has 1 heterocycles. The van der Waals surface area contributed by atoms with Crippen LogP contribution in [0, 0.1) is 21.4 Å². The summed E-state index contributed by atoms with van der Waals surface area (Å²) in [6, 6.07) is 7.54. The molecular formula is C11H9N5O4S3. The molecule has 2 aromatic rings. The molecule has 0 saturated carbocycles. The normalized spacial score (nSPS) is 10.9. The lowest BCUT2D eigenvalue weighted by Gasteiger charge is -2.05. The van der Waals surface area contributed by atoms with E-state index < -0.39 is 20.7 Å². The lowest BCUT2D eigenvalue weighted by molar-refractivity contribution is -0.385. The third-order valence-corrected chi connectivity index (χ3v) is 5.61. The van der Waals surface area contributed by atoms with Gasteiger partial charge in [0, 0.05) is 11.6 Å². The summed E-state index contributed by atoms with van der Waals surface area (Å²) in [6.07, 6.45) is 0. The first-order valence-electron chi connectivity index (χ1n) is 5.97. The molecule has 1 N–H and O–H groups in total. The average molecular weight is 371 g/mol. The first-order valence-corrected chi connectivity index (χ1v) is 9.43. The third-order valence-electron chi connectivity index (χ3n) is 2.44. The van der Waals surface area contributed by atoms with E-state index in [4.69, 9.17) is 5.26 Å². The van der Waals surface area contributed by atoms with E-state index in [1.165, 1.54) is 24.3 Å². The van der Waals surface area contributed by atoms with Crippen molar-refractivity contribution in [2.45, 2.75) is 10.1 Å². The number of hydrogen-bond donors (Lipinski definition) is 1. The molecule has 1 aromatic heterocycles. The van der Waals surface area contributed by atoms with Crippen molar-refractivity contribution in [1.29, 1.82) is 5.26 Å². The fraction of sp³-hybridized carbons (Fsp3) is 0.182. The number of nitrogens with zero attached hydrogens (tertiary/aromatic N) is 4. The number of nitrogens with one attached hydrogen (secondary N) is 1. The molecule has 2 rings (SSSR count). The van der Waals surface area contributed by atoms with E-state index in [0.29, 0.717) is 4.34 Å². The summed E-state index contributed by atoms with van der Waals surface area (Å²) in [4.78, 5) is 10.3. The van der Waals surface area contributed by atoms with Gasteiger partial charge in [0.25, 0.3) is 5.69 Å². The second-order valence-corrected chi connectivity index (χ2v) is 7.99. The zero-order valence-electron chi connectivity index (χ0n) is 11.4. The van der Waals surface area contributed by atoms with Crippen molar-refractivity contribution in [3.8, 4) is 6.07 Å². The number of nitro benzene ring substituents is 1. The number of benzene rings is 1. The molecule has 0 atom stereocenters. The largest absolute Gasteiger partial charge is 0.273 e. The van der Waals surface area contributed by atoms with Gasteiger partial charge in [-0.15, -0.1) is 10.2 Å². The molecule has 0 bridgehead atoms. The van der Waals surface area contributed by atoms with E-state index in [1.807, 2.05) is 6.07 Å². The topological polar surface area (TPSA) is 139 Å². The summed E-state index contributed by atoms with van der Waals surface area (Å²) >= 11 is 2.12. The molecular weight excluding hydrogens is 362 g/mol. The monoisotopic (exact) mass is 371 g/mol. The summed E-state index contributed by atoms with van der Waals surface area (Å²) in [5.74, 6) is -0.373. The van der Waals surface area contributed by atoms with E-state index >= 15 is 0 Å². The van der Waals surface area contributed by atoms with Crippen molar-refractivity contribution in [2.24, 2.45) is 0 Å². The molecule has 0 radical (unpaired) electrons. The summed E-state index contributed by atoms with van der Waals surface area (Å²) in [5, 5.41) is 26.8. The van der Waals surface area contributed by atoms with E-state index in [0.717, 1.165) is 23.1 Å². The van der Waals surface area contributed by atoms with Crippen molar-refractivity contribution in [2.75, 3.05) is 10.5 Å². The van der Waals surface area contributed by atoms with E-state index in [-0.39, 0.29) is 22.1 Å². The Kier molecular flexibility index (Phi) is 5.48. The molecule has 9 nitrogen and oxygen atoms in total. The Bertz CT molecular complexity index is 859. The first kappa shape index (κ1) is 17.1. The van der Waals surface area contributed by atoms with Crippen LogP contribution >= 0.6 is 23.1 Å². The van der Waals surface area contributed by atoms with Crippen LogP contribution in [0.15, 0.2) is 28.6 Å². The van der Waals surface area contributed by atoms with Crippen molar-refractivity contribution in [3.63, 3.8) is 0 Å². The van der Waals surface area contributed by atoms with Crippen LogP contribution in [-0.2, 0) is 15.8 Å². The van der Waals surface area contributed by atoms with E-state index in [2.05, 4.69) is 14.9 Å². The maximum atomic E-state index is 12.1. The molecule has 120 valence electrons. The van der Waals surface area contributed by atoms with Crippen molar-refractivity contribution in [3.05, 3.63) is 39.9 Å².